The quantitative estimate of drug-likeness (QED) is 0.141. The Labute approximate surface area is 225 Å². The maximum absolute atomic E-state index is 13.8. The summed E-state index contributed by atoms with van der Waals surface area (Å²) in [5.41, 5.74) is -0.605. The highest BCUT2D eigenvalue weighted by molar-refractivity contribution is 8.30. The fraction of sp³-hybridized carbons (Fsp3) is 0.167. The Kier molecular flexibility index (Phi) is 8.26. The van der Waals surface area contributed by atoms with E-state index < -0.39 is 32.0 Å². The van der Waals surface area contributed by atoms with Gasteiger partial charge in [0.1, 0.15) is 16.2 Å². The van der Waals surface area contributed by atoms with Gasteiger partial charge in [0.05, 0.1) is 14.7 Å². The molecule has 198 valence electrons. The maximum atomic E-state index is 13.8. The molecule has 0 aliphatic rings. The molecular formula is C30H31O6S2+. The van der Waals surface area contributed by atoms with Crippen LogP contribution >= 0.6 is 10.3 Å². The van der Waals surface area contributed by atoms with Gasteiger partial charge in [0.25, 0.3) is 0 Å². The Balaban J connectivity index is 1.85. The molecule has 0 aliphatic carbocycles. The van der Waals surface area contributed by atoms with Crippen LogP contribution in [0.15, 0.2) is 135 Å². The molecule has 0 saturated carbocycles. The van der Waals surface area contributed by atoms with E-state index in [9.17, 15) is 13.6 Å². The van der Waals surface area contributed by atoms with Crippen molar-refractivity contribution in [2.75, 3.05) is 6.61 Å². The lowest BCUT2D eigenvalue weighted by atomic mass is 10.2. The van der Waals surface area contributed by atoms with E-state index in [1.165, 1.54) is 0 Å². The molecule has 0 fully saturated rings. The first-order valence-electron chi connectivity index (χ1n) is 12.0. The van der Waals surface area contributed by atoms with Crippen molar-refractivity contribution in [3.8, 4) is 5.75 Å². The number of carbonyl (C=O) groups excluding carboxylic acids is 1. The highest BCUT2D eigenvalue weighted by Crippen LogP contribution is 2.68. The van der Waals surface area contributed by atoms with E-state index in [2.05, 4.69) is 0 Å². The fourth-order valence-corrected chi connectivity index (χ4v) is 9.04. The van der Waals surface area contributed by atoms with Gasteiger partial charge in [-0.05, 0) is 81.4 Å². The van der Waals surface area contributed by atoms with Gasteiger partial charge in [-0.25, -0.2) is 9.35 Å². The number of rotatable bonds is 8. The second-order valence-electron chi connectivity index (χ2n) is 9.38. The van der Waals surface area contributed by atoms with Crippen molar-refractivity contribution in [3.63, 3.8) is 0 Å². The summed E-state index contributed by atoms with van der Waals surface area (Å²) in [7, 11) is -6.60. The Morgan fingerprint density at radius 1 is 0.711 bits per heavy atom. The second-order valence-corrected chi connectivity index (χ2v) is 13.9. The summed E-state index contributed by atoms with van der Waals surface area (Å²) in [6.07, 6.45) is 0. The van der Waals surface area contributed by atoms with Crippen LogP contribution in [0.2, 0.25) is 0 Å². The van der Waals surface area contributed by atoms with Crippen LogP contribution in [0.4, 0.5) is 0 Å². The first-order valence-corrected chi connectivity index (χ1v) is 15.0. The predicted octanol–water partition coefficient (Wildman–Crippen LogP) is 7.30. The first-order chi connectivity index (χ1) is 18.1. The van der Waals surface area contributed by atoms with E-state index in [1.807, 2.05) is 60.7 Å². The van der Waals surface area contributed by atoms with Crippen LogP contribution in [0.3, 0.4) is 0 Å². The van der Waals surface area contributed by atoms with Crippen LogP contribution in [-0.2, 0) is 22.9 Å². The zero-order valence-corrected chi connectivity index (χ0v) is 23.1. The highest BCUT2D eigenvalue weighted by atomic mass is 32.3. The van der Waals surface area contributed by atoms with E-state index in [0.29, 0.717) is 10.6 Å². The lowest BCUT2D eigenvalue weighted by Gasteiger charge is -2.25. The molecule has 0 heterocycles. The lowest BCUT2D eigenvalue weighted by Crippen LogP contribution is -2.27. The van der Waals surface area contributed by atoms with E-state index in [4.69, 9.17) is 12.8 Å². The van der Waals surface area contributed by atoms with E-state index in [0.717, 1.165) is 9.79 Å². The molecule has 0 bridgehead atoms. The van der Waals surface area contributed by atoms with Crippen LogP contribution in [-0.4, -0.2) is 26.9 Å². The number of ether oxygens (including phenoxy) is 2. The molecule has 1 N–H and O–H groups in total. The highest BCUT2D eigenvalue weighted by Gasteiger charge is 2.45. The molecule has 4 aromatic rings. The summed E-state index contributed by atoms with van der Waals surface area (Å²) in [6, 6.07) is 34.3. The van der Waals surface area contributed by atoms with Crippen LogP contribution in [0.25, 0.3) is 0 Å². The largest absolute Gasteiger partial charge is 0.482 e. The van der Waals surface area contributed by atoms with Gasteiger partial charge in [-0.2, -0.15) is 0 Å². The standard InChI is InChI=1S/C30H30O6S2/c1-30(2,3)35-29(31)23-34-24-19-21-27(22-20-24)37(25-13-7-4-8-14-25,26-15-9-5-10-16-26)36-38(32,33)28-17-11-6-12-18-28/h4-22H,23H2,1-3H3/p+1. The van der Waals surface area contributed by atoms with Crippen LogP contribution in [0, 0.1) is 0 Å². The number of esters is 1. The van der Waals surface area contributed by atoms with Crippen molar-refractivity contribution in [2.24, 2.45) is 0 Å². The molecule has 8 heteroatoms. The van der Waals surface area contributed by atoms with Gasteiger partial charge in [-0.3, -0.25) is 0 Å². The number of hydrogen-bond donors (Lipinski definition) is 1. The molecule has 0 saturated heterocycles. The zero-order chi connectivity index (χ0) is 27.2. The van der Waals surface area contributed by atoms with Crippen molar-refractivity contribution < 1.29 is 26.3 Å². The van der Waals surface area contributed by atoms with Crippen LogP contribution in [0.5, 0.6) is 5.75 Å². The average Bonchev–Trinajstić information content (AvgIpc) is 2.91. The zero-order valence-electron chi connectivity index (χ0n) is 21.5. The Hall–Kier alpha value is -3.59. The van der Waals surface area contributed by atoms with Gasteiger partial charge < -0.3 is 9.47 Å². The third kappa shape index (κ3) is 6.45. The Morgan fingerprint density at radius 2 is 1.13 bits per heavy atom. The minimum Gasteiger partial charge on any atom is -0.482 e. The minimum atomic E-state index is -3.92. The minimum absolute atomic E-state index is 0.182. The monoisotopic (exact) mass is 551 g/mol. The summed E-state index contributed by atoms with van der Waals surface area (Å²) in [5, 5.41) is 0. The molecule has 4 rings (SSSR count). The fourth-order valence-electron chi connectivity index (χ4n) is 3.76. The Morgan fingerprint density at radius 3 is 1.58 bits per heavy atom. The predicted molar refractivity (Wildman–Crippen MR) is 149 cm³/mol. The molecule has 0 radical (unpaired) electrons. The van der Waals surface area contributed by atoms with E-state index in [1.54, 1.807) is 75.4 Å². The average molecular weight is 552 g/mol. The van der Waals surface area contributed by atoms with Crippen molar-refractivity contribution in [3.05, 3.63) is 115 Å². The molecule has 1 unspecified atom stereocenters. The summed E-state index contributed by atoms with van der Waals surface area (Å²) in [4.78, 5) is 14.5. The van der Waals surface area contributed by atoms with Crippen LogP contribution in [0.1, 0.15) is 20.8 Å². The summed E-state index contributed by atoms with van der Waals surface area (Å²) in [6.45, 7) is 5.15. The van der Waals surface area contributed by atoms with Gasteiger partial charge in [0.15, 0.2) is 16.9 Å². The number of benzene rings is 4. The first kappa shape index (κ1) is 27.4. The van der Waals surface area contributed by atoms with Gasteiger partial charge in [0, 0.05) is 0 Å². The smallest absolute Gasteiger partial charge is 0.454 e. The second kappa shape index (κ2) is 11.4. The molecule has 0 spiro atoms. The van der Waals surface area contributed by atoms with Crippen molar-refractivity contribution in [2.45, 2.75) is 46.0 Å². The van der Waals surface area contributed by atoms with E-state index >= 15 is 0 Å². The van der Waals surface area contributed by atoms with E-state index in [-0.39, 0.29) is 11.5 Å². The molecule has 0 aromatic heterocycles. The third-order valence-corrected chi connectivity index (χ3v) is 10.5. The molecule has 6 nitrogen and oxygen atoms in total. The molecule has 1 atom stereocenters. The Bertz CT molecular complexity index is 1430. The van der Waals surface area contributed by atoms with Gasteiger partial charge in [-0.1, -0.05) is 54.6 Å². The van der Waals surface area contributed by atoms with Crippen molar-refractivity contribution in [1.29, 1.82) is 0 Å². The topological polar surface area (TPSA) is 84.1 Å². The maximum Gasteiger partial charge on any atom is 0.454 e. The molecular weight excluding hydrogens is 520 g/mol. The number of carbonyl (C=O) groups is 1. The normalized spacial score (nSPS) is 13.7. The third-order valence-electron chi connectivity index (χ3n) is 5.32. The van der Waals surface area contributed by atoms with Gasteiger partial charge >= 0.3 is 16.1 Å². The van der Waals surface area contributed by atoms with Gasteiger partial charge in [0.2, 0.25) is 0 Å². The molecule has 38 heavy (non-hydrogen) atoms. The van der Waals surface area contributed by atoms with Crippen LogP contribution < -0.4 is 4.74 Å². The SMILES string of the molecule is CC(C)(C)OC(=O)COc1ccc(S([O+]=S(=O)(O)c2ccccc2)(c2ccccc2)c2ccccc2)cc1. The number of hydrogen-bond acceptors (Lipinski definition) is 4. The van der Waals surface area contributed by atoms with Crippen molar-refractivity contribution in [1.82, 2.24) is 0 Å². The lowest BCUT2D eigenvalue weighted by molar-refractivity contribution is -0.157. The van der Waals surface area contributed by atoms with Crippen molar-refractivity contribution >= 4 is 26.4 Å². The molecule has 0 amide bonds. The molecule has 4 aromatic carbocycles. The summed E-state index contributed by atoms with van der Waals surface area (Å²) in [5.74, 6) is -0.0110. The van der Waals surface area contributed by atoms with Gasteiger partial charge in [-0.15, -0.1) is 7.49 Å². The summed E-state index contributed by atoms with van der Waals surface area (Å²) < 4.78 is 42.4. The molecule has 0 aliphatic heterocycles. The summed E-state index contributed by atoms with van der Waals surface area (Å²) >= 11 is 0.